The van der Waals surface area contributed by atoms with Gasteiger partial charge in [-0.15, -0.1) is 0 Å². The summed E-state index contributed by atoms with van der Waals surface area (Å²) in [5.41, 5.74) is 2.65. The van der Waals surface area contributed by atoms with Crippen molar-refractivity contribution >= 4 is 5.96 Å². The molecule has 0 unspecified atom stereocenters. The van der Waals surface area contributed by atoms with E-state index in [0.29, 0.717) is 6.54 Å². The molecule has 0 atom stereocenters. The molecule has 0 radical (unpaired) electrons. The maximum Gasteiger partial charge on any atom is 0.191 e. The Balaban J connectivity index is 1.43. The van der Waals surface area contributed by atoms with Gasteiger partial charge in [0.1, 0.15) is 0 Å². The molecule has 1 aliphatic rings. The highest BCUT2D eigenvalue weighted by molar-refractivity contribution is 5.79. The standard InChI is InChI=1S/C22H34N6/c1-2-23-22(24-12-6-16-28-17-7-13-26-28)25-18-20-8-10-21(11-9-20)19-27-14-4-3-5-15-27/h7-11,13,17H,2-6,12,14-16,18-19H2,1H3,(H2,23,24,25). The third kappa shape index (κ3) is 7.00. The van der Waals surface area contributed by atoms with Crippen LogP contribution in [0.4, 0.5) is 0 Å². The summed E-state index contributed by atoms with van der Waals surface area (Å²) in [6.07, 6.45) is 8.89. The van der Waals surface area contributed by atoms with Crippen molar-refractivity contribution in [2.45, 2.75) is 52.2 Å². The summed E-state index contributed by atoms with van der Waals surface area (Å²) in [5.74, 6) is 0.875. The molecule has 1 aliphatic heterocycles. The second-order valence-electron chi connectivity index (χ2n) is 7.40. The van der Waals surface area contributed by atoms with Crippen molar-refractivity contribution < 1.29 is 0 Å². The zero-order valence-corrected chi connectivity index (χ0v) is 17.1. The summed E-state index contributed by atoms with van der Waals surface area (Å²) in [7, 11) is 0. The van der Waals surface area contributed by atoms with Crippen molar-refractivity contribution in [3.8, 4) is 0 Å². The number of aromatic nitrogens is 2. The predicted molar refractivity (Wildman–Crippen MR) is 115 cm³/mol. The van der Waals surface area contributed by atoms with Gasteiger partial charge in [0.15, 0.2) is 5.96 Å². The maximum absolute atomic E-state index is 4.73. The van der Waals surface area contributed by atoms with Crippen LogP contribution in [0, 0.1) is 0 Å². The Hall–Kier alpha value is -2.34. The first-order valence-corrected chi connectivity index (χ1v) is 10.6. The summed E-state index contributed by atoms with van der Waals surface area (Å²) in [4.78, 5) is 7.29. The van der Waals surface area contributed by atoms with Crippen LogP contribution >= 0.6 is 0 Å². The topological polar surface area (TPSA) is 57.5 Å². The lowest BCUT2D eigenvalue weighted by molar-refractivity contribution is 0.221. The Labute approximate surface area is 169 Å². The first-order valence-electron chi connectivity index (χ1n) is 10.6. The van der Waals surface area contributed by atoms with Gasteiger partial charge >= 0.3 is 0 Å². The highest BCUT2D eigenvalue weighted by Gasteiger charge is 2.10. The molecule has 1 saturated heterocycles. The van der Waals surface area contributed by atoms with E-state index in [9.17, 15) is 0 Å². The van der Waals surface area contributed by atoms with Crippen molar-refractivity contribution in [3.63, 3.8) is 0 Å². The van der Waals surface area contributed by atoms with E-state index in [1.807, 2.05) is 23.1 Å². The van der Waals surface area contributed by atoms with E-state index in [0.717, 1.165) is 38.6 Å². The fourth-order valence-electron chi connectivity index (χ4n) is 3.52. The van der Waals surface area contributed by atoms with Crippen LogP contribution in [0.25, 0.3) is 0 Å². The number of guanidine groups is 1. The zero-order valence-electron chi connectivity index (χ0n) is 17.1. The van der Waals surface area contributed by atoms with Gasteiger partial charge in [0, 0.05) is 38.6 Å². The molecule has 1 fully saturated rings. The minimum Gasteiger partial charge on any atom is -0.357 e. The molecule has 28 heavy (non-hydrogen) atoms. The largest absolute Gasteiger partial charge is 0.357 e. The molecule has 2 N–H and O–H groups in total. The van der Waals surface area contributed by atoms with Crippen LogP contribution in [-0.2, 0) is 19.6 Å². The Morgan fingerprint density at radius 2 is 1.86 bits per heavy atom. The Kier molecular flexibility index (Phi) is 8.37. The molecular weight excluding hydrogens is 348 g/mol. The zero-order chi connectivity index (χ0) is 19.4. The average molecular weight is 383 g/mol. The second-order valence-corrected chi connectivity index (χ2v) is 7.40. The second kappa shape index (κ2) is 11.5. The molecule has 0 aliphatic carbocycles. The van der Waals surface area contributed by atoms with Gasteiger partial charge < -0.3 is 10.6 Å². The Morgan fingerprint density at radius 3 is 2.57 bits per heavy atom. The molecule has 1 aromatic heterocycles. The minimum absolute atomic E-state index is 0.693. The number of rotatable bonds is 9. The number of hydrogen-bond acceptors (Lipinski definition) is 3. The van der Waals surface area contributed by atoms with Gasteiger partial charge in [-0.05, 0) is 56.5 Å². The van der Waals surface area contributed by atoms with Crippen LogP contribution < -0.4 is 10.6 Å². The van der Waals surface area contributed by atoms with Crippen molar-refractivity contribution in [1.82, 2.24) is 25.3 Å². The summed E-state index contributed by atoms with van der Waals surface area (Å²) >= 11 is 0. The number of aryl methyl sites for hydroxylation is 1. The van der Waals surface area contributed by atoms with Gasteiger partial charge in [-0.1, -0.05) is 30.7 Å². The molecule has 2 aromatic rings. The SMILES string of the molecule is CCNC(=NCc1ccc(CN2CCCCC2)cc1)NCCCn1cccn1. The molecule has 6 heteroatoms. The molecule has 0 amide bonds. The van der Waals surface area contributed by atoms with Gasteiger partial charge in [0.05, 0.1) is 6.54 Å². The number of nitrogens with one attached hydrogen (secondary N) is 2. The van der Waals surface area contributed by atoms with E-state index >= 15 is 0 Å². The van der Waals surface area contributed by atoms with Crippen molar-refractivity contribution in [3.05, 3.63) is 53.9 Å². The number of likely N-dealkylation sites (tertiary alicyclic amines) is 1. The van der Waals surface area contributed by atoms with Crippen molar-refractivity contribution in [2.75, 3.05) is 26.2 Å². The number of aliphatic imine (C=N–C) groups is 1. The van der Waals surface area contributed by atoms with E-state index < -0.39 is 0 Å². The van der Waals surface area contributed by atoms with Crippen molar-refractivity contribution in [2.24, 2.45) is 4.99 Å². The van der Waals surface area contributed by atoms with Crippen LogP contribution in [0.1, 0.15) is 43.7 Å². The molecule has 2 heterocycles. The number of piperidine rings is 1. The van der Waals surface area contributed by atoms with Gasteiger partial charge in [0.2, 0.25) is 0 Å². The molecule has 0 saturated carbocycles. The van der Waals surface area contributed by atoms with E-state index in [1.54, 1.807) is 0 Å². The lowest BCUT2D eigenvalue weighted by Gasteiger charge is -2.26. The molecule has 1 aromatic carbocycles. The fraction of sp³-hybridized carbons (Fsp3) is 0.545. The third-order valence-corrected chi connectivity index (χ3v) is 5.06. The van der Waals surface area contributed by atoms with Crippen LogP contribution in [0.2, 0.25) is 0 Å². The lowest BCUT2D eigenvalue weighted by Crippen LogP contribution is -2.38. The lowest BCUT2D eigenvalue weighted by atomic mass is 10.1. The highest BCUT2D eigenvalue weighted by Crippen LogP contribution is 2.14. The summed E-state index contributed by atoms with van der Waals surface area (Å²) in [6, 6.07) is 10.9. The number of benzene rings is 1. The van der Waals surface area contributed by atoms with Crippen LogP contribution in [0.3, 0.4) is 0 Å². The van der Waals surface area contributed by atoms with Crippen LogP contribution in [0.15, 0.2) is 47.7 Å². The smallest absolute Gasteiger partial charge is 0.191 e. The quantitative estimate of drug-likeness (QED) is 0.398. The van der Waals surface area contributed by atoms with Gasteiger partial charge in [-0.3, -0.25) is 9.58 Å². The fourth-order valence-corrected chi connectivity index (χ4v) is 3.52. The van der Waals surface area contributed by atoms with E-state index in [2.05, 4.69) is 51.8 Å². The molecule has 3 rings (SSSR count). The monoisotopic (exact) mass is 382 g/mol. The predicted octanol–water partition coefficient (Wildman–Crippen LogP) is 3.01. The van der Waals surface area contributed by atoms with Crippen molar-refractivity contribution in [1.29, 1.82) is 0 Å². The molecule has 0 bridgehead atoms. The molecule has 0 spiro atoms. The number of nitrogens with zero attached hydrogens (tertiary/aromatic N) is 4. The van der Waals surface area contributed by atoms with E-state index in [1.165, 1.54) is 43.5 Å². The summed E-state index contributed by atoms with van der Waals surface area (Å²) in [5, 5.41) is 11.0. The molecule has 6 nitrogen and oxygen atoms in total. The molecular formula is C22H34N6. The summed E-state index contributed by atoms with van der Waals surface area (Å²) < 4.78 is 1.96. The average Bonchev–Trinajstić information content (AvgIpc) is 3.25. The first kappa shape index (κ1) is 20.4. The van der Waals surface area contributed by atoms with Crippen LogP contribution in [0.5, 0.6) is 0 Å². The first-order chi connectivity index (χ1) is 13.8. The Morgan fingerprint density at radius 1 is 1.07 bits per heavy atom. The van der Waals surface area contributed by atoms with Crippen LogP contribution in [-0.4, -0.2) is 46.8 Å². The minimum atomic E-state index is 0.693. The highest BCUT2D eigenvalue weighted by atomic mass is 15.3. The van der Waals surface area contributed by atoms with E-state index in [-0.39, 0.29) is 0 Å². The third-order valence-electron chi connectivity index (χ3n) is 5.06. The van der Waals surface area contributed by atoms with Gasteiger partial charge in [0.25, 0.3) is 0 Å². The normalized spacial score (nSPS) is 15.5. The van der Waals surface area contributed by atoms with Gasteiger partial charge in [-0.25, -0.2) is 4.99 Å². The maximum atomic E-state index is 4.73. The number of hydrogen-bond donors (Lipinski definition) is 2. The molecule has 152 valence electrons. The van der Waals surface area contributed by atoms with Gasteiger partial charge in [-0.2, -0.15) is 5.10 Å². The Bertz CT molecular complexity index is 686. The van der Waals surface area contributed by atoms with E-state index in [4.69, 9.17) is 4.99 Å². The summed E-state index contributed by atoms with van der Waals surface area (Å²) in [6.45, 7) is 8.99.